The van der Waals surface area contributed by atoms with Crippen molar-refractivity contribution >= 4 is 45.9 Å². The highest BCUT2D eigenvalue weighted by Crippen LogP contribution is 2.27. The summed E-state index contributed by atoms with van der Waals surface area (Å²) in [5.41, 5.74) is 0.919. The van der Waals surface area contributed by atoms with Crippen molar-refractivity contribution in [1.82, 2.24) is 9.55 Å². The van der Waals surface area contributed by atoms with Crippen molar-refractivity contribution in [1.29, 1.82) is 0 Å². The second kappa shape index (κ2) is 11.5. The first kappa shape index (κ1) is 25.1. The number of hydrogen-bond donors (Lipinski definition) is 1. The minimum atomic E-state index is -0.517. The average molecular weight is 490 g/mol. The zero-order valence-corrected chi connectivity index (χ0v) is 20.7. The number of rotatable bonds is 10. The van der Waals surface area contributed by atoms with Crippen molar-refractivity contribution < 1.29 is 14.3 Å². The predicted molar refractivity (Wildman–Crippen MR) is 134 cm³/mol. The van der Waals surface area contributed by atoms with Crippen molar-refractivity contribution in [2.75, 3.05) is 19.0 Å². The number of anilines is 1. The lowest BCUT2D eigenvalue weighted by molar-refractivity contribution is -0.115. The summed E-state index contributed by atoms with van der Waals surface area (Å²) in [4.78, 5) is 30.8. The highest BCUT2D eigenvalue weighted by atomic mass is 35.5. The number of nitrogens with one attached hydrogen (secondary N) is 1. The second-order valence-corrected chi connectivity index (χ2v) is 9.48. The molecule has 33 heavy (non-hydrogen) atoms. The summed E-state index contributed by atoms with van der Waals surface area (Å²) >= 11 is 7.35. The Morgan fingerprint density at radius 3 is 2.70 bits per heavy atom. The largest absolute Gasteiger partial charge is 0.495 e. The minimum Gasteiger partial charge on any atom is -0.495 e. The Balaban J connectivity index is 1.86. The smallest absolute Gasteiger partial charge is 0.262 e. The second-order valence-electron chi connectivity index (χ2n) is 7.74. The van der Waals surface area contributed by atoms with E-state index in [9.17, 15) is 9.59 Å². The number of methoxy groups -OCH3 is 1. The quantitative estimate of drug-likeness (QED) is 0.245. The molecular formula is C24H28ClN3O4S. The van der Waals surface area contributed by atoms with Crippen molar-refractivity contribution in [3.63, 3.8) is 0 Å². The highest BCUT2D eigenvalue weighted by Gasteiger charge is 2.20. The van der Waals surface area contributed by atoms with Gasteiger partial charge in [0, 0.05) is 18.2 Å². The van der Waals surface area contributed by atoms with Crippen LogP contribution in [0.3, 0.4) is 0 Å². The Morgan fingerprint density at radius 2 is 1.97 bits per heavy atom. The van der Waals surface area contributed by atoms with E-state index in [0.717, 1.165) is 0 Å². The zero-order chi connectivity index (χ0) is 24.0. The molecule has 7 nitrogen and oxygen atoms in total. The molecule has 1 heterocycles. The number of para-hydroxylation sites is 2. The van der Waals surface area contributed by atoms with Gasteiger partial charge < -0.3 is 14.8 Å². The molecule has 0 bridgehead atoms. The third-order valence-corrected chi connectivity index (χ3v) is 6.20. The molecule has 0 aliphatic carbocycles. The van der Waals surface area contributed by atoms with Gasteiger partial charge in [0.25, 0.3) is 5.56 Å². The maximum absolute atomic E-state index is 13.2. The van der Waals surface area contributed by atoms with Gasteiger partial charge in [-0.05, 0) is 57.5 Å². The van der Waals surface area contributed by atoms with Crippen LogP contribution in [0.1, 0.15) is 27.2 Å². The fourth-order valence-electron chi connectivity index (χ4n) is 3.20. The van der Waals surface area contributed by atoms with Gasteiger partial charge in [0.05, 0.1) is 35.1 Å². The SMILES string of the molecule is COc1ccccc1NC(=O)[C@@H](C)Sc1nc2cc(Cl)ccc2c(=O)n1CCCOC(C)C. The first-order valence-corrected chi connectivity index (χ1v) is 12.0. The van der Waals surface area contributed by atoms with Gasteiger partial charge in [-0.2, -0.15) is 0 Å². The Hall–Kier alpha value is -2.55. The summed E-state index contributed by atoms with van der Waals surface area (Å²) in [5.74, 6) is 0.350. The lowest BCUT2D eigenvalue weighted by Crippen LogP contribution is -2.27. The summed E-state index contributed by atoms with van der Waals surface area (Å²) in [6.07, 6.45) is 0.764. The zero-order valence-electron chi connectivity index (χ0n) is 19.1. The number of halogens is 1. The number of benzene rings is 2. The number of hydrogen-bond acceptors (Lipinski definition) is 6. The van der Waals surface area contributed by atoms with Gasteiger partial charge in [0.15, 0.2) is 5.16 Å². The first-order chi connectivity index (χ1) is 15.8. The monoisotopic (exact) mass is 489 g/mol. The summed E-state index contributed by atoms with van der Waals surface area (Å²) in [7, 11) is 1.55. The molecule has 0 aliphatic rings. The molecule has 1 aromatic heterocycles. The number of nitrogens with zero attached hydrogens (tertiary/aromatic N) is 2. The molecule has 0 aliphatic heterocycles. The van der Waals surface area contributed by atoms with Crippen LogP contribution in [0.5, 0.6) is 5.75 Å². The summed E-state index contributed by atoms with van der Waals surface area (Å²) in [6.45, 7) is 6.67. The Morgan fingerprint density at radius 1 is 1.21 bits per heavy atom. The average Bonchev–Trinajstić information content (AvgIpc) is 2.78. The minimum absolute atomic E-state index is 0.117. The van der Waals surface area contributed by atoms with Gasteiger partial charge >= 0.3 is 0 Å². The number of aromatic nitrogens is 2. The van der Waals surface area contributed by atoms with E-state index < -0.39 is 5.25 Å². The van der Waals surface area contributed by atoms with Gasteiger partial charge in [-0.15, -0.1) is 0 Å². The molecule has 1 amide bonds. The topological polar surface area (TPSA) is 82.5 Å². The van der Waals surface area contributed by atoms with Gasteiger partial charge in [0.1, 0.15) is 5.75 Å². The summed E-state index contributed by atoms with van der Waals surface area (Å²) in [6, 6.07) is 12.2. The van der Waals surface area contributed by atoms with E-state index in [1.54, 1.807) is 48.9 Å². The molecule has 0 saturated heterocycles. The van der Waals surface area contributed by atoms with E-state index in [2.05, 4.69) is 10.3 Å². The number of thioether (sulfide) groups is 1. The van der Waals surface area contributed by atoms with Crippen LogP contribution in [0.4, 0.5) is 5.69 Å². The fraction of sp³-hybridized carbons (Fsp3) is 0.375. The first-order valence-electron chi connectivity index (χ1n) is 10.7. The molecule has 9 heteroatoms. The van der Waals surface area contributed by atoms with Crippen LogP contribution in [0.15, 0.2) is 52.4 Å². The van der Waals surface area contributed by atoms with Crippen molar-refractivity contribution in [2.45, 2.75) is 50.2 Å². The normalized spacial score (nSPS) is 12.2. The van der Waals surface area contributed by atoms with Gasteiger partial charge in [-0.3, -0.25) is 14.2 Å². The molecule has 3 rings (SSSR count). The number of ether oxygens (including phenoxy) is 2. The molecule has 2 aromatic carbocycles. The predicted octanol–water partition coefficient (Wildman–Crippen LogP) is 4.99. The van der Waals surface area contributed by atoms with Gasteiger partial charge in [-0.1, -0.05) is 35.5 Å². The third kappa shape index (κ3) is 6.50. The molecule has 176 valence electrons. The lowest BCUT2D eigenvalue weighted by atomic mass is 10.2. The molecule has 0 fully saturated rings. The van der Waals surface area contributed by atoms with E-state index in [1.807, 2.05) is 26.0 Å². The van der Waals surface area contributed by atoms with Crippen LogP contribution in [0.2, 0.25) is 5.02 Å². The Kier molecular flexibility index (Phi) is 8.77. The van der Waals surface area contributed by atoms with Crippen molar-refractivity contribution in [3.05, 3.63) is 57.8 Å². The molecule has 3 aromatic rings. The third-order valence-electron chi connectivity index (χ3n) is 4.88. The van der Waals surface area contributed by atoms with Crippen LogP contribution in [0, 0.1) is 0 Å². The van der Waals surface area contributed by atoms with E-state index in [4.69, 9.17) is 21.1 Å². The van der Waals surface area contributed by atoms with Crippen molar-refractivity contribution in [2.24, 2.45) is 0 Å². The molecule has 1 N–H and O–H groups in total. The molecule has 0 spiro atoms. The highest BCUT2D eigenvalue weighted by molar-refractivity contribution is 8.00. The molecule has 0 saturated carbocycles. The van der Waals surface area contributed by atoms with Crippen LogP contribution in [-0.4, -0.2) is 40.5 Å². The Bertz CT molecular complexity index is 1180. The number of amides is 1. The standard InChI is InChI=1S/C24H28ClN3O4S/c1-15(2)32-13-7-12-28-23(30)18-11-10-17(25)14-20(18)27-24(28)33-16(3)22(29)26-19-8-5-6-9-21(19)31-4/h5-6,8-11,14-16H,7,12-13H2,1-4H3,(H,26,29)/t16-/m1/s1. The van der Waals surface area contributed by atoms with Gasteiger partial charge in [0.2, 0.25) is 5.91 Å². The fourth-order valence-corrected chi connectivity index (χ4v) is 4.30. The number of fused-ring (bicyclic) bond motifs is 1. The van der Waals surface area contributed by atoms with E-state index in [-0.39, 0.29) is 17.6 Å². The molecule has 1 atom stereocenters. The van der Waals surface area contributed by atoms with E-state index in [1.165, 1.54) is 11.8 Å². The maximum Gasteiger partial charge on any atom is 0.262 e. The van der Waals surface area contributed by atoms with Crippen LogP contribution in [-0.2, 0) is 16.1 Å². The van der Waals surface area contributed by atoms with Crippen molar-refractivity contribution in [3.8, 4) is 5.75 Å². The number of carbonyl (C=O) groups is 1. The molecule has 0 unspecified atom stereocenters. The van der Waals surface area contributed by atoms with Crippen LogP contribution < -0.4 is 15.6 Å². The lowest BCUT2D eigenvalue weighted by Gasteiger charge is -2.17. The van der Waals surface area contributed by atoms with Crippen LogP contribution in [0.25, 0.3) is 10.9 Å². The van der Waals surface area contributed by atoms with E-state index >= 15 is 0 Å². The molecule has 0 radical (unpaired) electrons. The Labute approximate surface area is 202 Å². The number of carbonyl (C=O) groups excluding carboxylic acids is 1. The maximum atomic E-state index is 13.2. The molecular weight excluding hydrogens is 462 g/mol. The van der Waals surface area contributed by atoms with E-state index in [0.29, 0.717) is 52.1 Å². The van der Waals surface area contributed by atoms with Crippen LogP contribution >= 0.6 is 23.4 Å². The summed E-state index contributed by atoms with van der Waals surface area (Å²) < 4.78 is 12.5. The van der Waals surface area contributed by atoms with Gasteiger partial charge in [-0.25, -0.2) is 4.98 Å². The summed E-state index contributed by atoms with van der Waals surface area (Å²) in [5, 5.41) is 3.81.